The van der Waals surface area contributed by atoms with Crippen molar-refractivity contribution in [3.8, 4) is 17.2 Å². The van der Waals surface area contributed by atoms with Crippen LogP contribution in [0.5, 0.6) is 17.2 Å². The third-order valence-corrected chi connectivity index (χ3v) is 6.93. The molecule has 12 nitrogen and oxygen atoms in total. The van der Waals surface area contributed by atoms with E-state index in [0.717, 1.165) is 16.3 Å². The van der Waals surface area contributed by atoms with E-state index in [4.69, 9.17) is 18.9 Å². The van der Waals surface area contributed by atoms with Gasteiger partial charge in [-0.25, -0.2) is 9.59 Å². The molecule has 1 amide bonds. The summed E-state index contributed by atoms with van der Waals surface area (Å²) in [5, 5.41) is 27.2. The van der Waals surface area contributed by atoms with Crippen LogP contribution in [0.4, 0.5) is 16.3 Å². The van der Waals surface area contributed by atoms with Gasteiger partial charge in [-0.1, -0.05) is 48.5 Å². The van der Waals surface area contributed by atoms with Crippen LogP contribution in [0.2, 0.25) is 0 Å². The Morgan fingerprint density at radius 3 is 2.80 bits per heavy atom. The highest BCUT2D eigenvalue weighted by Crippen LogP contribution is 2.45. The molecule has 4 N–H and O–H groups in total. The van der Waals surface area contributed by atoms with Crippen LogP contribution in [0, 0.1) is 0 Å². The zero-order chi connectivity index (χ0) is 28.3. The Kier molecular flexibility index (Phi) is 7.42. The summed E-state index contributed by atoms with van der Waals surface area (Å²) < 4.78 is 24.0. The minimum atomic E-state index is -0.895. The van der Waals surface area contributed by atoms with Gasteiger partial charge in [0.25, 0.3) is 0 Å². The van der Waals surface area contributed by atoms with Crippen LogP contribution in [-0.2, 0) is 16.1 Å². The molecule has 6 rings (SSSR count). The average Bonchev–Trinajstić information content (AvgIpc) is 3.37. The molecule has 0 saturated carbocycles. The molecule has 2 aliphatic rings. The Morgan fingerprint density at radius 1 is 1.12 bits per heavy atom. The fourth-order valence-corrected chi connectivity index (χ4v) is 4.88. The van der Waals surface area contributed by atoms with Crippen molar-refractivity contribution in [1.29, 1.82) is 0 Å². The van der Waals surface area contributed by atoms with Gasteiger partial charge >= 0.3 is 11.8 Å². The van der Waals surface area contributed by atoms with Crippen LogP contribution in [0.15, 0.2) is 71.7 Å². The number of carbonyl (C=O) groups is 1. The van der Waals surface area contributed by atoms with Gasteiger partial charge < -0.3 is 39.8 Å². The average molecular weight is 561 g/mol. The summed E-state index contributed by atoms with van der Waals surface area (Å²) in [6.07, 6.45) is -1.41. The Labute approximate surface area is 234 Å². The smallest absolute Gasteiger partial charge is 0.407 e. The molecule has 212 valence electrons. The first kappa shape index (κ1) is 26.6. The fourth-order valence-electron chi connectivity index (χ4n) is 4.88. The van der Waals surface area contributed by atoms with E-state index >= 15 is 0 Å². The topological polar surface area (TPSA) is 153 Å². The van der Waals surface area contributed by atoms with Crippen LogP contribution in [0.3, 0.4) is 0 Å². The molecule has 1 unspecified atom stereocenters. The third kappa shape index (κ3) is 5.53. The van der Waals surface area contributed by atoms with E-state index in [-0.39, 0.29) is 44.4 Å². The molecular weight excluding hydrogens is 532 g/mol. The van der Waals surface area contributed by atoms with Crippen molar-refractivity contribution in [2.24, 2.45) is 0 Å². The molecule has 12 heteroatoms. The number of amides is 1. The number of alkyl carbamates (subject to hydrolysis) is 1. The highest BCUT2D eigenvalue weighted by atomic mass is 16.6. The second-order valence-corrected chi connectivity index (χ2v) is 9.60. The van der Waals surface area contributed by atoms with Crippen molar-refractivity contribution in [1.82, 2.24) is 14.9 Å². The summed E-state index contributed by atoms with van der Waals surface area (Å²) in [7, 11) is 0. The molecule has 3 aromatic carbocycles. The molecule has 0 bridgehead atoms. The van der Waals surface area contributed by atoms with Gasteiger partial charge in [0.15, 0.2) is 17.3 Å². The molecule has 3 atom stereocenters. The number of anilines is 2. The number of hydrogen-bond donors (Lipinski definition) is 4. The Bertz CT molecular complexity index is 1640. The van der Waals surface area contributed by atoms with Crippen LogP contribution < -0.4 is 25.8 Å². The van der Waals surface area contributed by atoms with Crippen molar-refractivity contribution in [2.45, 2.75) is 31.5 Å². The lowest BCUT2D eigenvalue weighted by molar-refractivity contribution is -0.0459. The summed E-state index contributed by atoms with van der Waals surface area (Å²) in [4.78, 5) is 29.0. The number of fused-ring (bicyclic) bond motifs is 3. The molecule has 1 aromatic heterocycles. The number of para-hydroxylation sites is 1. The number of benzene rings is 3. The maximum Gasteiger partial charge on any atom is 0.407 e. The number of aliphatic hydroxyl groups is 2. The number of carbonyl (C=O) groups excluding carboxylic acids is 1. The molecule has 41 heavy (non-hydrogen) atoms. The minimum absolute atomic E-state index is 0.137. The fraction of sp³-hybridized carbons (Fsp3) is 0.276. The van der Waals surface area contributed by atoms with Gasteiger partial charge in [0.1, 0.15) is 37.0 Å². The number of aliphatic hydroxyl groups excluding tert-OH is 2. The van der Waals surface area contributed by atoms with Gasteiger partial charge in [-0.15, -0.1) is 0 Å². The zero-order valence-electron chi connectivity index (χ0n) is 21.9. The van der Waals surface area contributed by atoms with Gasteiger partial charge in [0, 0.05) is 6.42 Å². The number of nitrogens with zero attached hydrogens (tertiary/aromatic N) is 2. The monoisotopic (exact) mass is 560 g/mol. The van der Waals surface area contributed by atoms with Crippen molar-refractivity contribution in [2.75, 3.05) is 25.1 Å². The molecule has 0 aliphatic carbocycles. The number of rotatable bonds is 8. The lowest BCUT2D eigenvalue weighted by Gasteiger charge is -2.24. The molecule has 3 heterocycles. The van der Waals surface area contributed by atoms with Gasteiger partial charge in [0.2, 0.25) is 0 Å². The predicted octanol–water partition coefficient (Wildman–Crippen LogP) is 3.19. The van der Waals surface area contributed by atoms with E-state index in [1.807, 2.05) is 42.5 Å². The summed E-state index contributed by atoms with van der Waals surface area (Å²) in [5.74, 6) is 1.38. The Balaban J connectivity index is 1.04. The largest absolute Gasteiger partial charge is 0.489 e. The Hall–Kier alpha value is -4.65. The van der Waals surface area contributed by atoms with E-state index in [1.165, 1.54) is 10.8 Å². The Morgan fingerprint density at radius 2 is 1.95 bits per heavy atom. The van der Waals surface area contributed by atoms with E-state index < -0.39 is 30.2 Å². The summed E-state index contributed by atoms with van der Waals surface area (Å²) in [5.41, 5.74) is 0.791. The van der Waals surface area contributed by atoms with Crippen LogP contribution in [-0.4, -0.2) is 57.8 Å². The van der Waals surface area contributed by atoms with E-state index in [1.54, 1.807) is 18.2 Å². The van der Waals surface area contributed by atoms with Crippen LogP contribution >= 0.6 is 0 Å². The predicted molar refractivity (Wildman–Crippen MR) is 148 cm³/mol. The third-order valence-electron chi connectivity index (χ3n) is 6.93. The first-order valence-corrected chi connectivity index (χ1v) is 13.2. The number of hydrogen-bond acceptors (Lipinski definition) is 10. The molecule has 0 radical (unpaired) electrons. The highest BCUT2D eigenvalue weighted by molar-refractivity contribution is 5.85. The molecule has 2 aliphatic heterocycles. The van der Waals surface area contributed by atoms with Crippen molar-refractivity contribution in [3.05, 3.63) is 82.9 Å². The van der Waals surface area contributed by atoms with Gasteiger partial charge in [0.05, 0.1) is 25.5 Å². The summed E-state index contributed by atoms with van der Waals surface area (Å²) in [6, 6.07) is 19.0. The number of nitrogens with one attached hydrogen (secondary N) is 2. The lowest BCUT2D eigenvalue weighted by atomic mass is 10.1. The quantitative estimate of drug-likeness (QED) is 0.208. The lowest BCUT2D eigenvalue weighted by Crippen LogP contribution is -2.29. The second kappa shape index (κ2) is 11.5. The highest BCUT2D eigenvalue weighted by Gasteiger charge is 2.36. The van der Waals surface area contributed by atoms with E-state index in [0.29, 0.717) is 17.2 Å². The van der Waals surface area contributed by atoms with Gasteiger partial charge in [-0.05, 0) is 28.5 Å². The van der Waals surface area contributed by atoms with Gasteiger partial charge in [-0.3, -0.25) is 4.57 Å². The number of aromatic nitrogens is 2. The van der Waals surface area contributed by atoms with E-state index in [9.17, 15) is 19.8 Å². The van der Waals surface area contributed by atoms with Crippen LogP contribution in [0.1, 0.15) is 18.2 Å². The molecule has 0 spiro atoms. The molecule has 1 saturated heterocycles. The van der Waals surface area contributed by atoms with Crippen LogP contribution in [0.25, 0.3) is 10.8 Å². The normalized spacial score (nSPS) is 19.0. The van der Waals surface area contributed by atoms with E-state index in [2.05, 4.69) is 15.6 Å². The SMILES string of the molecule is O=C(NCCOc1cccc2c1Nc1nc(=O)n([C@H]3CC(O)[C@@H](CO)O3)cc1O2)OCc1cccc2ccccc12. The minimum Gasteiger partial charge on any atom is -0.489 e. The second-order valence-electron chi connectivity index (χ2n) is 9.60. The summed E-state index contributed by atoms with van der Waals surface area (Å²) >= 11 is 0. The zero-order valence-corrected chi connectivity index (χ0v) is 21.9. The van der Waals surface area contributed by atoms with Crippen molar-refractivity contribution in [3.63, 3.8) is 0 Å². The maximum atomic E-state index is 12.7. The standard InChI is InChI=1S/C29H28N4O8/c34-15-24-20(35)13-25(41-24)33-14-23-27(32-28(33)36)31-26-21(9-4-10-22(26)40-23)38-12-11-30-29(37)39-16-18-7-3-6-17-5-1-2-8-19(17)18/h1-10,14,20,24-25,34-35H,11-13,15-16H2,(H,30,37)(H,31,32,36)/t20?,24-,25-/m1/s1. The number of ether oxygens (including phenoxy) is 4. The van der Waals surface area contributed by atoms with Crippen molar-refractivity contribution >= 4 is 28.4 Å². The molecule has 1 fully saturated rings. The first-order chi connectivity index (χ1) is 20.0. The maximum absolute atomic E-state index is 12.7. The molecular formula is C29H28N4O8. The van der Waals surface area contributed by atoms with Gasteiger partial charge in [-0.2, -0.15) is 4.98 Å². The summed E-state index contributed by atoms with van der Waals surface area (Å²) in [6.45, 7) is 0.128. The first-order valence-electron chi connectivity index (χ1n) is 13.2. The van der Waals surface area contributed by atoms with Crippen molar-refractivity contribution < 1.29 is 34.0 Å². The molecule has 4 aromatic rings.